The zero-order valence-corrected chi connectivity index (χ0v) is 14.1. The standard InChI is InChI=1S/C17H16N4O5/c1-9-7-14(26-21-9)18-16(23)10(2)25-15(22)8-13-11-5-3-4-6-12(11)17(24)20-19-13/h3-7,10H,8H2,1-2H3,(H,18,23)(H,20,24)/t10-/m1/s1. The summed E-state index contributed by atoms with van der Waals surface area (Å²) in [6.45, 7) is 3.15. The van der Waals surface area contributed by atoms with E-state index in [1.165, 1.54) is 6.92 Å². The molecule has 0 saturated carbocycles. The van der Waals surface area contributed by atoms with Crippen molar-refractivity contribution in [3.8, 4) is 0 Å². The van der Waals surface area contributed by atoms with Crippen molar-refractivity contribution in [2.24, 2.45) is 0 Å². The van der Waals surface area contributed by atoms with Gasteiger partial charge in [-0.25, -0.2) is 5.10 Å². The molecule has 0 spiro atoms. The molecule has 2 heterocycles. The molecule has 9 heteroatoms. The number of benzene rings is 1. The van der Waals surface area contributed by atoms with Crippen molar-refractivity contribution in [3.05, 3.63) is 52.1 Å². The minimum atomic E-state index is -1.04. The Balaban J connectivity index is 1.66. The summed E-state index contributed by atoms with van der Waals surface area (Å²) >= 11 is 0. The molecule has 9 nitrogen and oxygen atoms in total. The Morgan fingerprint density at radius 1 is 1.31 bits per heavy atom. The van der Waals surface area contributed by atoms with Crippen LogP contribution in [0.3, 0.4) is 0 Å². The molecular formula is C17H16N4O5. The largest absolute Gasteiger partial charge is 0.452 e. The first-order chi connectivity index (χ1) is 12.4. The van der Waals surface area contributed by atoms with Gasteiger partial charge in [-0.2, -0.15) is 5.10 Å². The van der Waals surface area contributed by atoms with Gasteiger partial charge in [0.1, 0.15) is 0 Å². The number of H-pyrrole nitrogens is 1. The van der Waals surface area contributed by atoms with Gasteiger partial charge in [0.15, 0.2) is 6.10 Å². The van der Waals surface area contributed by atoms with Crippen molar-refractivity contribution >= 4 is 28.5 Å². The first-order valence-electron chi connectivity index (χ1n) is 7.84. The van der Waals surface area contributed by atoms with Crippen LogP contribution in [0.4, 0.5) is 5.88 Å². The minimum Gasteiger partial charge on any atom is -0.452 e. The smallest absolute Gasteiger partial charge is 0.312 e. The molecule has 1 atom stereocenters. The number of amides is 1. The lowest BCUT2D eigenvalue weighted by atomic mass is 10.1. The molecule has 2 aromatic heterocycles. The lowest BCUT2D eigenvalue weighted by Gasteiger charge is -2.12. The molecule has 3 rings (SSSR count). The molecule has 0 aliphatic carbocycles. The summed E-state index contributed by atoms with van der Waals surface area (Å²) < 4.78 is 10.0. The molecule has 0 aliphatic heterocycles. The Hall–Kier alpha value is -3.49. The van der Waals surface area contributed by atoms with Crippen LogP contribution < -0.4 is 10.9 Å². The molecule has 0 fully saturated rings. The maximum absolute atomic E-state index is 12.1. The highest BCUT2D eigenvalue weighted by atomic mass is 16.5. The van der Waals surface area contributed by atoms with Gasteiger partial charge < -0.3 is 9.26 Å². The van der Waals surface area contributed by atoms with E-state index in [4.69, 9.17) is 9.26 Å². The van der Waals surface area contributed by atoms with E-state index >= 15 is 0 Å². The zero-order chi connectivity index (χ0) is 18.7. The molecule has 1 amide bonds. The van der Waals surface area contributed by atoms with Gasteiger partial charge >= 0.3 is 5.97 Å². The van der Waals surface area contributed by atoms with Gasteiger partial charge in [-0.3, -0.25) is 19.7 Å². The number of aromatic amines is 1. The number of ether oxygens (including phenoxy) is 1. The topological polar surface area (TPSA) is 127 Å². The third kappa shape index (κ3) is 3.77. The number of nitrogens with zero attached hydrogens (tertiary/aromatic N) is 2. The third-order valence-electron chi connectivity index (χ3n) is 3.64. The van der Waals surface area contributed by atoms with Crippen LogP contribution in [0, 0.1) is 6.92 Å². The molecule has 0 saturated heterocycles. The molecule has 0 aliphatic rings. The van der Waals surface area contributed by atoms with E-state index in [9.17, 15) is 14.4 Å². The number of aromatic nitrogens is 3. The predicted molar refractivity (Wildman–Crippen MR) is 91.5 cm³/mol. The average molecular weight is 356 g/mol. The molecule has 2 N–H and O–H groups in total. The second kappa shape index (κ2) is 7.18. The van der Waals surface area contributed by atoms with Gasteiger partial charge in [-0.15, -0.1) is 0 Å². The van der Waals surface area contributed by atoms with Gasteiger partial charge in [0, 0.05) is 11.5 Å². The van der Waals surface area contributed by atoms with E-state index in [0.717, 1.165) is 0 Å². The number of carbonyl (C=O) groups is 2. The van der Waals surface area contributed by atoms with Crippen LogP contribution in [0.5, 0.6) is 0 Å². The quantitative estimate of drug-likeness (QED) is 0.660. The van der Waals surface area contributed by atoms with Crippen molar-refractivity contribution in [2.45, 2.75) is 26.4 Å². The second-order valence-electron chi connectivity index (χ2n) is 5.68. The monoisotopic (exact) mass is 356 g/mol. The molecule has 0 unspecified atom stereocenters. The Kier molecular flexibility index (Phi) is 4.78. The molecular weight excluding hydrogens is 340 g/mol. The van der Waals surface area contributed by atoms with Gasteiger partial charge in [-0.1, -0.05) is 23.4 Å². The Morgan fingerprint density at radius 2 is 2.04 bits per heavy atom. The Labute approximate surface area is 147 Å². The number of aryl methyl sites for hydroxylation is 1. The highest BCUT2D eigenvalue weighted by Gasteiger charge is 2.20. The number of rotatable bonds is 5. The molecule has 26 heavy (non-hydrogen) atoms. The van der Waals surface area contributed by atoms with Gasteiger partial charge in [0.05, 0.1) is 23.2 Å². The molecule has 1 aromatic carbocycles. The lowest BCUT2D eigenvalue weighted by Crippen LogP contribution is -2.30. The summed E-state index contributed by atoms with van der Waals surface area (Å²) in [4.78, 5) is 35.9. The molecule has 0 radical (unpaired) electrons. The van der Waals surface area contributed by atoms with E-state index in [2.05, 4.69) is 20.7 Å². The second-order valence-corrected chi connectivity index (χ2v) is 5.68. The number of carbonyl (C=O) groups excluding carboxylic acids is 2. The first kappa shape index (κ1) is 17.3. The van der Waals surface area contributed by atoms with Crippen LogP contribution in [0.1, 0.15) is 18.3 Å². The van der Waals surface area contributed by atoms with E-state index < -0.39 is 18.0 Å². The third-order valence-corrected chi connectivity index (χ3v) is 3.64. The van der Waals surface area contributed by atoms with Crippen LogP contribution in [0.15, 0.2) is 39.6 Å². The number of hydrogen-bond donors (Lipinski definition) is 2. The Morgan fingerprint density at radius 3 is 2.73 bits per heavy atom. The first-order valence-corrected chi connectivity index (χ1v) is 7.84. The molecule has 134 valence electrons. The SMILES string of the molecule is Cc1cc(NC(=O)[C@@H](C)OC(=O)Cc2n[nH]c(=O)c3ccccc23)on1. The fraction of sp³-hybridized carbons (Fsp3) is 0.235. The number of fused-ring (bicyclic) bond motifs is 1. The molecule has 3 aromatic rings. The summed E-state index contributed by atoms with van der Waals surface area (Å²) in [7, 11) is 0. The highest BCUT2D eigenvalue weighted by molar-refractivity contribution is 5.94. The van der Waals surface area contributed by atoms with Crippen LogP contribution in [0.2, 0.25) is 0 Å². The number of hydrogen-bond acceptors (Lipinski definition) is 7. The summed E-state index contributed by atoms with van der Waals surface area (Å²) in [6.07, 6.45) is -1.22. The van der Waals surface area contributed by atoms with Crippen molar-refractivity contribution in [3.63, 3.8) is 0 Å². The van der Waals surface area contributed by atoms with Crippen molar-refractivity contribution < 1.29 is 18.8 Å². The van der Waals surface area contributed by atoms with Gasteiger partial charge in [0.2, 0.25) is 5.88 Å². The van der Waals surface area contributed by atoms with Crippen LogP contribution >= 0.6 is 0 Å². The lowest BCUT2D eigenvalue weighted by molar-refractivity contribution is -0.152. The summed E-state index contributed by atoms with van der Waals surface area (Å²) in [5.74, 6) is -1.02. The minimum absolute atomic E-state index is 0.170. The normalized spacial score (nSPS) is 11.9. The summed E-state index contributed by atoms with van der Waals surface area (Å²) in [5.41, 5.74) is 0.637. The zero-order valence-electron chi connectivity index (χ0n) is 14.1. The van der Waals surface area contributed by atoms with Gasteiger partial charge in [0.25, 0.3) is 11.5 Å². The van der Waals surface area contributed by atoms with Crippen LogP contribution in [0.25, 0.3) is 10.8 Å². The fourth-order valence-electron chi connectivity index (χ4n) is 2.38. The highest BCUT2D eigenvalue weighted by Crippen LogP contribution is 2.14. The number of nitrogens with one attached hydrogen (secondary N) is 2. The van der Waals surface area contributed by atoms with E-state index in [1.54, 1.807) is 37.3 Å². The maximum Gasteiger partial charge on any atom is 0.312 e. The van der Waals surface area contributed by atoms with E-state index in [1.807, 2.05) is 0 Å². The van der Waals surface area contributed by atoms with Crippen molar-refractivity contribution in [1.82, 2.24) is 15.4 Å². The molecule has 0 bridgehead atoms. The average Bonchev–Trinajstić information content (AvgIpc) is 3.02. The van der Waals surface area contributed by atoms with Crippen LogP contribution in [-0.2, 0) is 20.7 Å². The van der Waals surface area contributed by atoms with Crippen molar-refractivity contribution in [2.75, 3.05) is 5.32 Å². The number of anilines is 1. The fourth-order valence-corrected chi connectivity index (χ4v) is 2.38. The van der Waals surface area contributed by atoms with E-state index in [-0.39, 0.29) is 17.9 Å². The summed E-state index contributed by atoms with van der Waals surface area (Å²) in [6, 6.07) is 8.34. The summed E-state index contributed by atoms with van der Waals surface area (Å²) in [5, 5.41) is 13.3. The Bertz CT molecular complexity index is 1020. The van der Waals surface area contributed by atoms with E-state index in [0.29, 0.717) is 22.2 Å². The number of esters is 1. The maximum atomic E-state index is 12.1. The predicted octanol–water partition coefficient (Wildman–Crippen LogP) is 1.33. The van der Waals surface area contributed by atoms with Gasteiger partial charge in [-0.05, 0) is 19.9 Å². The van der Waals surface area contributed by atoms with Crippen molar-refractivity contribution in [1.29, 1.82) is 0 Å². The van der Waals surface area contributed by atoms with Crippen LogP contribution in [-0.4, -0.2) is 33.3 Å².